The minimum absolute atomic E-state index is 0.181. The standard InChI is InChI=1S/C11H4Cl4N2/c12-5-1-2-8(13)6(3-5)10-7(4-16)9(14)11(15)17-10/h1-3,17H. The maximum atomic E-state index is 9.04. The largest absolute Gasteiger partial charge is 0.343 e. The lowest BCUT2D eigenvalue weighted by molar-refractivity contribution is 1.39. The van der Waals surface area contributed by atoms with Crippen LogP contribution in [0.5, 0.6) is 0 Å². The summed E-state index contributed by atoms with van der Waals surface area (Å²) < 4.78 is 0. The van der Waals surface area contributed by atoms with Crippen molar-refractivity contribution in [3.8, 4) is 17.3 Å². The molecule has 1 aromatic carbocycles. The van der Waals surface area contributed by atoms with E-state index >= 15 is 0 Å². The number of aromatic nitrogens is 1. The van der Waals surface area contributed by atoms with Crippen LogP contribution in [0.2, 0.25) is 20.2 Å². The molecular weight excluding hydrogens is 302 g/mol. The number of rotatable bonds is 1. The number of benzene rings is 1. The summed E-state index contributed by atoms with van der Waals surface area (Å²) in [4.78, 5) is 2.82. The molecule has 6 heteroatoms. The van der Waals surface area contributed by atoms with E-state index in [2.05, 4.69) is 4.98 Å². The maximum absolute atomic E-state index is 9.04. The van der Waals surface area contributed by atoms with E-state index in [4.69, 9.17) is 51.7 Å². The zero-order chi connectivity index (χ0) is 12.6. The zero-order valence-electron chi connectivity index (χ0n) is 8.19. The summed E-state index contributed by atoms with van der Waals surface area (Å²) in [6.45, 7) is 0. The zero-order valence-corrected chi connectivity index (χ0v) is 11.2. The molecule has 2 nitrogen and oxygen atoms in total. The molecule has 0 saturated heterocycles. The van der Waals surface area contributed by atoms with Crippen molar-refractivity contribution >= 4 is 46.4 Å². The van der Waals surface area contributed by atoms with Crippen LogP contribution >= 0.6 is 46.4 Å². The molecule has 17 heavy (non-hydrogen) atoms. The van der Waals surface area contributed by atoms with Gasteiger partial charge in [0.15, 0.2) is 0 Å². The van der Waals surface area contributed by atoms with E-state index in [0.717, 1.165) is 0 Å². The number of nitrogens with zero attached hydrogens (tertiary/aromatic N) is 1. The van der Waals surface area contributed by atoms with Gasteiger partial charge in [-0.3, -0.25) is 0 Å². The van der Waals surface area contributed by atoms with Gasteiger partial charge < -0.3 is 4.98 Å². The van der Waals surface area contributed by atoms with E-state index in [9.17, 15) is 0 Å². The SMILES string of the molecule is N#Cc1c(-c2cc(Cl)ccc2Cl)[nH]c(Cl)c1Cl. The number of halogens is 4. The second-order valence-electron chi connectivity index (χ2n) is 3.24. The summed E-state index contributed by atoms with van der Waals surface area (Å²) in [5.74, 6) is 0. The van der Waals surface area contributed by atoms with Crippen LogP contribution in [0, 0.1) is 11.3 Å². The van der Waals surface area contributed by atoms with Crippen LogP contribution in [0.1, 0.15) is 5.56 Å². The molecule has 1 aromatic heterocycles. The highest BCUT2D eigenvalue weighted by atomic mass is 35.5. The van der Waals surface area contributed by atoms with Crippen LogP contribution in [0.4, 0.5) is 0 Å². The highest BCUT2D eigenvalue weighted by molar-refractivity contribution is 6.43. The summed E-state index contributed by atoms with van der Waals surface area (Å²) >= 11 is 23.7. The second kappa shape index (κ2) is 4.80. The minimum atomic E-state index is 0.181. The first-order valence-electron chi connectivity index (χ1n) is 4.47. The van der Waals surface area contributed by atoms with Gasteiger partial charge in [-0.2, -0.15) is 5.26 Å². The van der Waals surface area contributed by atoms with Crippen LogP contribution in [-0.4, -0.2) is 4.98 Å². The van der Waals surface area contributed by atoms with Gasteiger partial charge in [-0.05, 0) is 18.2 Å². The van der Waals surface area contributed by atoms with Crippen LogP contribution in [0.25, 0.3) is 11.3 Å². The van der Waals surface area contributed by atoms with Crippen molar-refractivity contribution in [3.63, 3.8) is 0 Å². The fourth-order valence-corrected chi connectivity index (χ4v) is 2.20. The predicted molar refractivity (Wildman–Crippen MR) is 71.0 cm³/mol. The van der Waals surface area contributed by atoms with E-state index in [1.165, 1.54) is 0 Å². The normalized spacial score (nSPS) is 10.3. The summed E-state index contributed by atoms with van der Waals surface area (Å²) in [5.41, 5.74) is 1.31. The highest BCUT2D eigenvalue weighted by Gasteiger charge is 2.18. The Balaban J connectivity index is 2.73. The van der Waals surface area contributed by atoms with Crippen molar-refractivity contribution in [1.29, 1.82) is 5.26 Å². The molecule has 0 unspecified atom stereocenters. The van der Waals surface area contributed by atoms with Gasteiger partial charge in [-0.1, -0.05) is 46.4 Å². The Morgan fingerprint density at radius 3 is 2.47 bits per heavy atom. The van der Waals surface area contributed by atoms with Crippen LogP contribution in [0.3, 0.4) is 0 Å². The fourth-order valence-electron chi connectivity index (χ4n) is 1.44. The lowest BCUT2D eigenvalue weighted by Crippen LogP contribution is -1.83. The molecule has 2 rings (SSSR count). The fraction of sp³-hybridized carbons (Fsp3) is 0. The van der Waals surface area contributed by atoms with Gasteiger partial charge in [0.2, 0.25) is 0 Å². The molecule has 0 aliphatic rings. The molecule has 0 radical (unpaired) electrons. The van der Waals surface area contributed by atoms with Gasteiger partial charge in [0.25, 0.3) is 0 Å². The summed E-state index contributed by atoms with van der Waals surface area (Å²) in [6, 6.07) is 6.92. The number of nitriles is 1. The first-order chi connectivity index (χ1) is 8.04. The van der Waals surface area contributed by atoms with Crippen LogP contribution in [-0.2, 0) is 0 Å². The Hall–Kier alpha value is -0.850. The Bertz CT molecular complexity index is 625. The Labute approximate surface area is 118 Å². The van der Waals surface area contributed by atoms with Gasteiger partial charge in [-0.15, -0.1) is 0 Å². The molecule has 0 atom stereocenters. The lowest BCUT2D eigenvalue weighted by atomic mass is 10.1. The molecule has 2 aromatic rings. The summed E-state index contributed by atoms with van der Waals surface area (Å²) in [6.07, 6.45) is 0. The number of hydrogen-bond acceptors (Lipinski definition) is 1. The van der Waals surface area contributed by atoms with E-state index in [1.54, 1.807) is 18.2 Å². The maximum Gasteiger partial charge on any atom is 0.127 e. The smallest absolute Gasteiger partial charge is 0.127 e. The third-order valence-electron chi connectivity index (χ3n) is 2.21. The van der Waals surface area contributed by atoms with Crippen molar-refractivity contribution in [2.75, 3.05) is 0 Å². The Morgan fingerprint density at radius 1 is 1.12 bits per heavy atom. The molecular formula is C11H4Cl4N2. The third kappa shape index (κ3) is 2.25. The molecule has 0 spiro atoms. The minimum Gasteiger partial charge on any atom is -0.343 e. The van der Waals surface area contributed by atoms with Gasteiger partial charge in [0.05, 0.1) is 21.3 Å². The molecule has 1 heterocycles. The Morgan fingerprint density at radius 2 is 1.82 bits per heavy atom. The third-order valence-corrected chi connectivity index (χ3v) is 3.53. The van der Waals surface area contributed by atoms with Gasteiger partial charge in [-0.25, -0.2) is 0 Å². The first-order valence-corrected chi connectivity index (χ1v) is 5.98. The lowest BCUT2D eigenvalue weighted by Gasteiger charge is -2.03. The van der Waals surface area contributed by atoms with Gasteiger partial charge in [0.1, 0.15) is 11.2 Å². The van der Waals surface area contributed by atoms with Crippen molar-refractivity contribution in [2.24, 2.45) is 0 Å². The number of nitrogens with one attached hydrogen (secondary N) is 1. The quantitative estimate of drug-likeness (QED) is 0.776. The summed E-state index contributed by atoms with van der Waals surface area (Å²) in [7, 11) is 0. The number of aromatic amines is 1. The molecule has 0 saturated carbocycles. The van der Waals surface area contributed by atoms with Crippen molar-refractivity contribution in [1.82, 2.24) is 4.98 Å². The Kier molecular flexibility index (Phi) is 3.56. The number of H-pyrrole nitrogens is 1. The van der Waals surface area contributed by atoms with Gasteiger partial charge >= 0.3 is 0 Å². The van der Waals surface area contributed by atoms with Crippen molar-refractivity contribution < 1.29 is 0 Å². The molecule has 0 amide bonds. The average molecular weight is 306 g/mol. The molecule has 0 aliphatic carbocycles. The molecule has 0 bridgehead atoms. The van der Waals surface area contributed by atoms with Crippen molar-refractivity contribution in [2.45, 2.75) is 0 Å². The van der Waals surface area contributed by atoms with Gasteiger partial charge in [0, 0.05) is 10.6 Å². The van der Waals surface area contributed by atoms with E-state index in [-0.39, 0.29) is 15.7 Å². The van der Waals surface area contributed by atoms with Crippen LogP contribution in [0.15, 0.2) is 18.2 Å². The molecule has 0 fully saturated rings. The molecule has 86 valence electrons. The van der Waals surface area contributed by atoms with Crippen LogP contribution < -0.4 is 0 Å². The van der Waals surface area contributed by atoms with E-state index < -0.39 is 0 Å². The molecule has 1 N–H and O–H groups in total. The molecule has 0 aliphatic heterocycles. The highest BCUT2D eigenvalue weighted by Crippen LogP contribution is 2.37. The number of hydrogen-bond donors (Lipinski definition) is 1. The topological polar surface area (TPSA) is 39.6 Å². The monoisotopic (exact) mass is 304 g/mol. The summed E-state index contributed by atoms with van der Waals surface area (Å²) in [5, 5.41) is 10.4. The van der Waals surface area contributed by atoms with E-state index in [0.29, 0.717) is 21.3 Å². The van der Waals surface area contributed by atoms with Crippen molar-refractivity contribution in [3.05, 3.63) is 44.0 Å². The van der Waals surface area contributed by atoms with E-state index in [1.807, 2.05) is 6.07 Å². The average Bonchev–Trinajstić information content (AvgIpc) is 2.58. The predicted octanol–water partition coefficient (Wildman–Crippen LogP) is 5.17. The first kappa shape index (κ1) is 12.6. The second-order valence-corrected chi connectivity index (χ2v) is 4.84.